The molecule has 0 aromatic heterocycles. The van der Waals surface area contributed by atoms with Crippen LogP contribution in [0.3, 0.4) is 0 Å². The van der Waals surface area contributed by atoms with Crippen LogP contribution in [0.4, 0.5) is 0 Å². The zero-order valence-electron chi connectivity index (χ0n) is 12.5. The SMILES string of the molecule is COc1ccc(OC)c(CCNC(=O)C2CNCCO2)c1. The lowest BCUT2D eigenvalue weighted by molar-refractivity contribution is -0.134. The molecular formula is C15H22N2O4. The maximum Gasteiger partial charge on any atom is 0.250 e. The van der Waals surface area contributed by atoms with E-state index in [1.54, 1.807) is 14.2 Å². The minimum absolute atomic E-state index is 0.0796. The van der Waals surface area contributed by atoms with Gasteiger partial charge in [-0.1, -0.05) is 0 Å². The van der Waals surface area contributed by atoms with E-state index in [9.17, 15) is 4.79 Å². The van der Waals surface area contributed by atoms with E-state index in [0.717, 1.165) is 23.6 Å². The zero-order valence-corrected chi connectivity index (χ0v) is 12.5. The van der Waals surface area contributed by atoms with Crippen molar-refractivity contribution in [2.75, 3.05) is 40.5 Å². The standard InChI is InChI=1S/C15H22N2O4/c1-19-12-3-4-13(20-2)11(9-12)5-6-17-15(18)14-10-16-7-8-21-14/h3-4,9,14,16H,5-8,10H2,1-2H3,(H,17,18). The maximum absolute atomic E-state index is 11.9. The molecule has 116 valence electrons. The quantitative estimate of drug-likeness (QED) is 0.792. The van der Waals surface area contributed by atoms with Gasteiger partial charge in [0.25, 0.3) is 0 Å². The molecule has 1 aromatic carbocycles. The van der Waals surface area contributed by atoms with Crippen molar-refractivity contribution in [2.24, 2.45) is 0 Å². The number of hydrogen-bond acceptors (Lipinski definition) is 5. The van der Waals surface area contributed by atoms with Crippen LogP contribution >= 0.6 is 0 Å². The van der Waals surface area contributed by atoms with E-state index >= 15 is 0 Å². The topological polar surface area (TPSA) is 68.8 Å². The number of benzene rings is 1. The van der Waals surface area contributed by atoms with Gasteiger partial charge in [-0.15, -0.1) is 0 Å². The molecule has 6 nitrogen and oxygen atoms in total. The van der Waals surface area contributed by atoms with Crippen LogP contribution in [0, 0.1) is 0 Å². The van der Waals surface area contributed by atoms with Gasteiger partial charge in [-0.05, 0) is 30.2 Å². The van der Waals surface area contributed by atoms with Gasteiger partial charge in [0.2, 0.25) is 5.91 Å². The molecule has 2 rings (SSSR count). The first-order valence-corrected chi connectivity index (χ1v) is 7.05. The van der Waals surface area contributed by atoms with Crippen molar-refractivity contribution in [2.45, 2.75) is 12.5 Å². The first-order chi connectivity index (χ1) is 10.2. The van der Waals surface area contributed by atoms with Crippen LogP contribution in [0.1, 0.15) is 5.56 Å². The first-order valence-electron chi connectivity index (χ1n) is 7.05. The van der Waals surface area contributed by atoms with Gasteiger partial charge in [-0.2, -0.15) is 0 Å². The number of ether oxygens (including phenoxy) is 3. The molecule has 1 unspecified atom stereocenters. The van der Waals surface area contributed by atoms with Crippen LogP contribution < -0.4 is 20.1 Å². The molecule has 1 aliphatic rings. The Kier molecular flexibility index (Phi) is 5.83. The molecule has 6 heteroatoms. The van der Waals surface area contributed by atoms with Crippen molar-refractivity contribution in [3.63, 3.8) is 0 Å². The Labute approximate surface area is 124 Å². The average molecular weight is 294 g/mol. The number of rotatable bonds is 6. The van der Waals surface area contributed by atoms with Gasteiger partial charge < -0.3 is 24.8 Å². The van der Waals surface area contributed by atoms with Gasteiger partial charge in [-0.25, -0.2) is 0 Å². The Bertz CT molecular complexity index is 473. The second kappa shape index (κ2) is 7.85. The van der Waals surface area contributed by atoms with Crippen molar-refractivity contribution < 1.29 is 19.0 Å². The van der Waals surface area contributed by atoms with E-state index < -0.39 is 6.10 Å². The Hall–Kier alpha value is -1.79. The molecule has 1 aromatic rings. The summed E-state index contributed by atoms with van der Waals surface area (Å²) in [7, 11) is 3.26. The smallest absolute Gasteiger partial charge is 0.250 e. The van der Waals surface area contributed by atoms with Crippen molar-refractivity contribution in [1.82, 2.24) is 10.6 Å². The number of hydrogen-bond donors (Lipinski definition) is 2. The van der Waals surface area contributed by atoms with E-state index in [1.807, 2.05) is 18.2 Å². The average Bonchev–Trinajstić information content (AvgIpc) is 2.55. The third-order valence-corrected chi connectivity index (χ3v) is 3.40. The highest BCUT2D eigenvalue weighted by Gasteiger charge is 2.21. The third-order valence-electron chi connectivity index (χ3n) is 3.40. The minimum Gasteiger partial charge on any atom is -0.497 e. The highest BCUT2D eigenvalue weighted by atomic mass is 16.5. The number of amides is 1. The van der Waals surface area contributed by atoms with Gasteiger partial charge >= 0.3 is 0 Å². The van der Waals surface area contributed by atoms with Crippen molar-refractivity contribution in [3.8, 4) is 11.5 Å². The lowest BCUT2D eigenvalue weighted by Gasteiger charge is -2.22. The Morgan fingerprint density at radius 3 is 2.95 bits per heavy atom. The van der Waals surface area contributed by atoms with Gasteiger partial charge in [-0.3, -0.25) is 4.79 Å². The van der Waals surface area contributed by atoms with Gasteiger partial charge in [0.1, 0.15) is 17.6 Å². The van der Waals surface area contributed by atoms with E-state index in [4.69, 9.17) is 14.2 Å². The summed E-state index contributed by atoms with van der Waals surface area (Å²) in [6.45, 7) is 2.46. The van der Waals surface area contributed by atoms with Crippen LogP contribution in [0.25, 0.3) is 0 Å². The molecule has 0 radical (unpaired) electrons. The maximum atomic E-state index is 11.9. The van der Waals surface area contributed by atoms with Gasteiger partial charge in [0, 0.05) is 19.6 Å². The van der Waals surface area contributed by atoms with Crippen LogP contribution in [0.5, 0.6) is 11.5 Å². The number of nitrogens with one attached hydrogen (secondary N) is 2. The molecule has 1 aliphatic heterocycles. The van der Waals surface area contributed by atoms with Crippen LogP contribution in [0.2, 0.25) is 0 Å². The van der Waals surface area contributed by atoms with E-state index in [2.05, 4.69) is 10.6 Å². The zero-order chi connectivity index (χ0) is 15.1. The summed E-state index contributed by atoms with van der Waals surface area (Å²) in [5, 5.41) is 6.02. The van der Waals surface area contributed by atoms with Gasteiger partial charge in [0.05, 0.1) is 20.8 Å². The molecular weight excluding hydrogens is 272 g/mol. The number of methoxy groups -OCH3 is 2. The summed E-state index contributed by atoms with van der Waals surface area (Å²) in [6, 6.07) is 5.64. The summed E-state index contributed by atoms with van der Waals surface area (Å²) in [6.07, 6.45) is 0.276. The van der Waals surface area contributed by atoms with Crippen molar-refractivity contribution in [3.05, 3.63) is 23.8 Å². The third kappa shape index (κ3) is 4.34. The largest absolute Gasteiger partial charge is 0.497 e. The van der Waals surface area contributed by atoms with Gasteiger partial charge in [0.15, 0.2) is 0 Å². The summed E-state index contributed by atoms with van der Waals surface area (Å²) >= 11 is 0. The normalized spacial score (nSPS) is 18.1. The molecule has 1 fully saturated rings. The fourth-order valence-corrected chi connectivity index (χ4v) is 2.25. The highest BCUT2D eigenvalue weighted by molar-refractivity contribution is 5.81. The van der Waals surface area contributed by atoms with Crippen LogP contribution in [0.15, 0.2) is 18.2 Å². The van der Waals surface area contributed by atoms with Crippen molar-refractivity contribution >= 4 is 5.91 Å². The lowest BCUT2D eigenvalue weighted by Crippen LogP contribution is -2.48. The molecule has 1 amide bonds. The molecule has 0 aliphatic carbocycles. The molecule has 0 spiro atoms. The lowest BCUT2D eigenvalue weighted by atomic mass is 10.1. The Morgan fingerprint density at radius 2 is 2.29 bits per heavy atom. The predicted molar refractivity (Wildman–Crippen MR) is 78.9 cm³/mol. The fourth-order valence-electron chi connectivity index (χ4n) is 2.25. The molecule has 0 bridgehead atoms. The molecule has 1 heterocycles. The number of morpholine rings is 1. The summed E-state index contributed by atoms with van der Waals surface area (Å²) in [4.78, 5) is 11.9. The number of carbonyl (C=O) groups excluding carboxylic acids is 1. The second-order valence-corrected chi connectivity index (χ2v) is 4.78. The highest BCUT2D eigenvalue weighted by Crippen LogP contribution is 2.24. The fraction of sp³-hybridized carbons (Fsp3) is 0.533. The van der Waals surface area contributed by atoms with E-state index in [0.29, 0.717) is 26.1 Å². The molecule has 1 atom stereocenters. The minimum atomic E-state index is -0.397. The van der Waals surface area contributed by atoms with Crippen molar-refractivity contribution in [1.29, 1.82) is 0 Å². The number of carbonyl (C=O) groups is 1. The molecule has 1 saturated heterocycles. The van der Waals surface area contributed by atoms with E-state index in [-0.39, 0.29) is 5.91 Å². The Balaban J connectivity index is 1.86. The second-order valence-electron chi connectivity index (χ2n) is 4.78. The molecule has 21 heavy (non-hydrogen) atoms. The first kappa shape index (κ1) is 15.6. The summed E-state index contributed by atoms with van der Waals surface area (Å²) < 4.78 is 15.9. The van der Waals surface area contributed by atoms with Crippen LogP contribution in [-0.2, 0) is 16.0 Å². The summed E-state index contributed by atoms with van der Waals surface area (Å²) in [5.41, 5.74) is 1.000. The Morgan fingerprint density at radius 1 is 1.43 bits per heavy atom. The van der Waals surface area contributed by atoms with E-state index in [1.165, 1.54) is 0 Å². The molecule has 2 N–H and O–H groups in total. The monoisotopic (exact) mass is 294 g/mol. The molecule has 0 saturated carbocycles. The summed E-state index contributed by atoms with van der Waals surface area (Å²) in [5.74, 6) is 1.49. The van der Waals surface area contributed by atoms with Crippen LogP contribution in [-0.4, -0.2) is 52.5 Å². The predicted octanol–water partition coefficient (Wildman–Crippen LogP) is 0.351.